The van der Waals surface area contributed by atoms with E-state index in [1.54, 1.807) is 0 Å². The lowest BCUT2D eigenvalue weighted by Crippen LogP contribution is -2.24. The van der Waals surface area contributed by atoms with Crippen LogP contribution in [0.5, 0.6) is 0 Å². The minimum absolute atomic E-state index is 0.400. The van der Waals surface area contributed by atoms with Gasteiger partial charge in [-0.2, -0.15) is 0 Å². The lowest BCUT2D eigenvalue weighted by molar-refractivity contribution is 0.521. The van der Waals surface area contributed by atoms with Gasteiger partial charge in [-0.1, -0.05) is 35.8 Å². The molecule has 2 nitrogen and oxygen atoms in total. The molecule has 0 aliphatic carbocycles. The van der Waals surface area contributed by atoms with Crippen molar-refractivity contribution in [1.29, 1.82) is 0 Å². The van der Waals surface area contributed by atoms with E-state index >= 15 is 0 Å². The highest BCUT2D eigenvalue weighted by Crippen LogP contribution is 2.30. The molecule has 1 aliphatic heterocycles. The second-order valence-corrected chi connectivity index (χ2v) is 7.26. The molecule has 1 fully saturated rings. The number of nitrogens with one attached hydrogen (secondary N) is 1. The molecule has 0 spiro atoms. The molecule has 1 aliphatic rings. The van der Waals surface area contributed by atoms with Gasteiger partial charge in [-0.25, -0.2) is 0 Å². The van der Waals surface area contributed by atoms with E-state index in [9.17, 15) is 0 Å². The van der Waals surface area contributed by atoms with Crippen LogP contribution in [0.3, 0.4) is 0 Å². The average Bonchev–Trinajstić information content (AvgIpc) is 2.69. The zero-order valence-electron chi connectivity index (χ0n) is 13.7. The smallest absolute Gasteiger partial charge is 0.0377 e. The summed E-state index contributed by atoms with van der Waals surface area (Å²) in [6, 6.07) is 7.27. The molecule has 2 unspecified atom stereocenters. The zero-order chi connectivity index (χ0) is 15.2. The maximum atomic E-state index is 3.77. The molecule has 1 aromatic carbocycles. The Morgan fingerprint density at radius 3 is 2.86 bits per heavy atom. The van der Waals surface area contributed by atoms with Gasteiger partial charge in [-0.3, -0.25) is 0 Å². The second kappa shape index (κ2) is 8.19. The average molecular weight is 353 g/mol. The molecule has 3 heteroatoms. The Kier molecular flexibility index (Phi) is 6.56. The zero-order valence-corrected chi connectivity index (χ0v) is 15.2. The highest BCUT2D eigenvalue weighted by Gasteiger charge is 2.16. The van der Waals surface area contributed by atoms with Crippen LogP contribution in [0.1, 0.15) is 58.1 Å². The Labute approximate surface area is 138 Å². The van der Waals surface area contributed by atoms with Crippen molar-refractivity contribution in [1.82, 2.24) is 5.32 Å². The Balaban J connectivity index is 2.07. The van der Waals surface area contributed by atoms with Gasteiger partial charge in [0.1, 0.15) is 0 Å². The van der Waals surface area contributed by atoms with E-state index < -0.39 is 0 Å². The summed E-state index contributed by atoms with van der Waals surface area (Å²) < 4.78 is 1.23. The van der Waals surface area contributed by atoms with Crippen molar-refractivity contribution < 1.29 is 0 Å². The molecule has 118 valence electrons. The van der Waals surface area contributed by atoms with Crippen LogP contribution in [0, 0.1) is 5.92 Å². The molecule has 1 saturated heterocycles. The number of halogens is 1. The van der Waals surface area contributed by atoms with Gasteiger partial charge in [0.15, 0.2) is 0 Å². The first-order valence-corrected chi connectivity index (χ1v) is 9.19. The molecule has 0 bridgehead atoms. The van der Waals surface area contributed by atoms with Crippen LogP contribution in [-0.2, 0) is 0 Å². The fraction of sp³-hybridized carbons (Fsp3) is 0.667. The summed E-state index contributed by atoms with van der Waals surface area (Å²) in [6.45, 7) is 10.3. The van der Waals surface area contributed by atoms with E-state index in [0.29, 0.717) is 6.04 Å². The van der Waals surface area contributed by atoms with E-state index in [0.717, 1.165) is 12.5 Å². The minimum atomic E-state index is 0.400. The van der Waals surface area contributed by atoms with Gasteiger partial charge in [0.05, 0.1) is 0 Å². The standard InChI is InChI=1S/C18H29BrN2/c1-4-10-20-15(3)17-8-7-16(13-18(17)19)21-11-5-6-14(2)9-12-21/h7-8,13-15,20H,4-6,9-12H2,1-3H3. The normalized spacial score (nSPS) is 21.1. The molecule has 1 aromatic rings. The topological polar surface area (TPSA) is 15.3 Å². The highest BCUT2D eigenvalue weighted by atomic mass is 79.9. The maximum Gasteiger partial charge on any atom is 0.0377 e. The van der Waals surface area contributed by atoms with Crippen LogP contribution >= 0.6 is 15.9 Å². The van der Waals surface area contributed by atoms with E-state index in [1.807, 2.05) is 0 Å². The second-order valence-electron chi connectivity index (χ2n) is 6.40. The van der Waals surface area contributed by atoms with E-state index in [4.69, 9.17) is 0 Å². The summed E-state index contributed by atoms with van der Waals surface area (Å²) in [5.41, 5.74) is 2.72. The van der Waals surface area contributed by atoms with Crippen LogP contribution in [0.2, 0.25) is 0 Å². The summed E-state index contributed by atoms with van der Waals surface area (Å²) in [6.07, 6.45) is 5.17. The fourth-order valence-corrected chi connectivity index (χ4v) is 3.77. The molecular formula is C18H29BrN2. The van der Waals surface area contributed by atoms with Crippen LogP contribution in [0.4, 0.5) is 5.69 Å². The summed E-state index contributed by atoms with van der Waals surface area (Å²) in [5, 5.41) is 3.56. The van der Waals surface area contributed by atoms with Crippen molar-refractivity contribution in [2.75, 3.05) is 24.5 Å². The molecule has 0 aromatic heterocycles. The van der Waals surface area contributed by atoms with Gasteiger partial charge in [0, 0.05) is 29.3 Å². The van der Waals surface area contributed by atoms with Crippen molar-refractivity contribution >= 4 is 21.6 Å². The van der Waals surface area contributed by atoms with Crippen molar-refractivity contribution in [3.05, 3.63) is 28.2 Å². The molecular weight excluding hydrogens is 324 g/mol. The Morgan fingerprint density at radius 1 is 1.33 bits per heavy atom. The van der Waals surface area contributed by atoms with Gasteiger partial charge in [-0.05, 0) is 62.8 Å². The van der Waals surface area contributed by atoms with Crippen molar-refractivity contribution in [3.63, 3.8) is 0 Å². The van der Waals surface area contributed by atoms with Crippen LogP contribution in [-0.4, -0.2) is 19.6 Å². The fourth-order valence-electron chi connectivity index (χ4n) is 3.06. The monoisotopic (exact) mass is 352 g/mol. The lowest BCUT2D eigenvalue weighted by atomic mass is 10.0. The van der Waals surface area contributed by atoms with E-state index in [-0.39, 0.29) is 0 Å². The molecule has 1 heterocycles. The molecule has 2 rings (SSSR count). The van der Waals surface area contributed by atoms with Gasteiger partial charge in [0.2, 0.25) is 0 Å². The van der Waals surface area contributed by atoms with Gasteiger partial charge < -0.3 is 10.2 Å². The molecule has 0 radical (unpaired) electrons. The van der Waals surface area contributed by atoms with Crippen LogP contribution < -0.4 is 10.2 Å². The van der Waals surface area contributed by atoms with Crippen molar-refractivity contribution in [2.24, 2.45) is 5.92 Å². The maximum absolute atomic E-state index is 3.77. The molecule has 2 atom stereocenters. The predicted octanol–water partition coefficient (Wildman–Crippen LogP) is 5.14. The summed E-state index contributed by atoms with van der Waals surface area (Å²) >= 11 is 3.77. The first-order valence-electron chi connectivity index (χ1n) is 8.39. The van der Waals surface area contributed by atoms with Gasteiger partial charge >= 0.3 is 0 Å². The number of hydrogen-bond donors (Lipinski definition) is 1. The van der Waals surface area contributed by atoms with E-state index in [1.165, 1.54) is 54.5 Å². The molecule has 0 amide bonds. The number of anilines is 1. The third kappa shape index (κ3) is 4.72. The number of hydrogen-bond acceptors (Lipinski definition) is 2. The summed E-state index contributed by atoms with van der Waals surface area (Å²) in [7, 11) is 0. The highest BCUT2D eigenvalue weighted by molar-refractivity contribution is 9.10. The predicted molar refractivity (Wildman–Crippen MR) is 96.1 cm³/mol. The third-order valence-electron chi connectivity index (χ3n) is 4.53. The molecule has 1 N–H and O–H groups in total. The summed E-state index contributed by atoms with van der Waals surface area (Å²) in [4.78, 5) is 2.54. The summed E-state index contributed by atoms with van der Waals surface area (Å²) in [5.74, 6) is 0.871. The van der Waals surface area contributed by atoms with Gasteiger partial charge in [0.25, 0.3) is 0 Å². The number of nitrogens with zero attached hydrogens (tertiary/aromatic N) is 1. The molecule has 21 heavy (non-hydrogen) atoms. The van der Waals surface area contributed by atoms with Crippen molar-refractivity contribution in [2.45, 2.75) is 52.5 Å². The first-order chi connectivity index (χ1) is 10.1. The molecule has 0 saturated carbocycles. The quantitative estimate of drug-likeness (QED) is 0.789. The largest absolute Gasteiger partial charge is 0.371 e. The van der Waals surface area contributed by atoms with Crippen molar-refractivity contribution in [3.8, 4) is 0 Å². The first kappa shape index (κ1) is 16.8. The Bertz CT molecular complexity index is 447. The number of rotatable bonds is 5. The SMILES string of the molecule is CCCNC(C)c1ccc(N2CCCC(C)CC2)cc1Br. The lowest BCUT2D eigenvalue weighted by Gasteiger charge is -2.24. The van der Waals surface area contributed by atoms with E-state index in [2.05, 4.69) is 65.1 Å². The Morgan fingerprint density at radius 2 is 2.14 bits per heavy atom. The minimum Gasteiger partial charge on any atom is -0.371 e. The van der Waals surface area contributed by atoms with Crippen LogP contribution in [0.15, 0.2) is 22.7 Å². The Hall–Kier alpha value is -0.540. The van der Waals surface area contributed by atoms with Crippen LogP contribution in [0.25, 0.3) is 0 Å². The van der Waals surface area contributed by atoms with Gasteiger partial charge in [-0.15, -0.1) is 0 Å². The third-order valence-corrected chi connectivity index (χ3v) is 5.22. The number of benzene rings is 1.